The van der Waals surface area contributed by atoms with Gasteiger partial charge in [0.2, 0.25) is 0 Å². The molecular formula is C21H28N4O5. The number of carbonyl (C=O) groups is 3. The zero-order chi connectivity index (χ0) is 22.3. The van der Waals surface area contributed by atoms with E-state index in [4.69, 9.17) is 9.47 Å². The van der Waals surface area contributed by atoms with E-state index < -0.39 is 24.5 Å². The number of amides is 3. The second-order valence-corrected chi connectivity index (χ2v) is 7.49. The summed E-state index contributed by atoms with van der Waals surface area (Å²) in [6.07, 6.45) is 3.67. The van der Waals surface area contributed by atoms with Gasteiger partial charge in [-0.15, -0.1) is 0 Å². The Bertz CT molecular complexity index is 873. The summed E-state index contributed by atoms with van der Waals surface area (Å²) in [7, 11) is 0. The smallest absolute Gasteiger partial charge is 0.349 e. The highest BCUT2D eigenvalue weighted by atomic mass is 16.5. The number of hydrogen-bond donors (Lipinski definition) is 2. The van der Waals surface area contributed by atoms with E-state index in [0.29, 0.717) is 0 Å². The van der Waals surface area contributed by atoms with Crippen molar-refractivity contribution in [3.05, 3.63) is 28.6 Å². The first-order valence-corrected chi connectivity index (χ1v) is 9.88. The Balaban J connectivity index is 2.01. The number of nitrogens with zero attached hydrogens (tertiary/aromatic N) is 2. The van der Waals surface area contributed by atoms with Gasteiger partial charge in [0.1, 0.15) is 11.6 Å². The van der Waals surface area contributed by atoms with E-state index in [9.17, 15) is 19.6 Å². The van der Waals surface area contributed by atoms with Gasteiger partial charge in [-0.2, -0.15) is 5.26 Å². The quantitative estimate of drug-likeness (QED) is 0.398. The van der Waals surface area contributed by atoms with Gasteiger partial charge in [-0.3, -0.25) is 10.1 Å². The van der Waals surface area contributed by atoms with Crippen LogP contribution in [0.25, 0.3) is 6.08 Å². The number of hydrogen-bond acceptors (Lipinski definition) is 6. The Hall–Kier alpha value is -3.12. The summed E-state index contributed by atoms with van der Waals surface area (Å²) in [6, 6.07) is 2.87. The lowest BCUT2D eigenvalue weighted by molar-refractivity contribution is -0.144. The van der Waals surface area contributed by atoms with Crippen LogP contribution in [0.2, 0.25) is 0 Å². The minimum atomic E-state index is -0.930. The SMILES string of the molecule is Cc1cc(/C=C(\C#N)C(=O)OCC(=O)NC(=O)NC(C)C)c(C)n1C[C@H]1CCCO1. The zero-order valence-electron chi connectivity index (χ0n) is 17.8. The Labute approximate surface area is 176 Å². The minimum Gasteiger partial charge on any atom is -0.451 e. The molecule has 3 amide bonds. The molecule has 0 unspecified atom stereocenters. The highest BCUT2D eigenvalue weighted by molar-refractivity contribution is 6.00. The predicted octanol–water partition coefficient (Wildman–Crippen LogP) is 1.97. The van der Waals surface area contributed by atoms with Crippen molar-refractivity contribution >= 4 is 24.0 Å². The van der Waals surface area contributed by atoms with Gasteiger partial charge < -0.3 is 19.4 Å². The predicted molar refractivity (Wildman–Crippen MR) is 109 cm³/mol. The van der Waals surface area contributed by atoms with Crippen LogP contribution < -0.4 is 10.6 Å². The van der Waals surface area contributed by atoms with Gasteiger partial charge in [0.05, 0.1) is 6.10 Å². The molecule has 2 heterocycles. The Morgan fingerprint density at radius 1 is 1.40 bits per heavy atom. The molecule has 0 aliphatic carbocycles. The maximum absolute atomic E-state index is 12.2. The molecule has 1 fully saturated rings. The van der Waals surface area contributed by atoms with E-state index in [0.717, 1.165) is 42.9 Å². The lowest BCUT2D eigenvalue weighted by atomic mass is 10.1. The van der Waals surface area contributed by atoms with Gasteiger partial charge in [0.25, 0.3) is 5.91 Å². The molecule has 0 radical (unpaired) electrons. The standard InChI is InChI=1S/C21H28N4O5/c1-13(2)23-21(28)24-19(26)12-30-20(27)17(10-22)9-16-8-14(3)25(15(16)4)11-18-6-5-7-29-18/h8-9,13,18H,5-7,11-12H2,1-4H3,(H2,23,24,26,28)/b17-9+/t18-/m1/s1. The van der Waals surface area contributed by atoms with Gasteiger partial charge in [-0.1, -0.05) is 0 Å². The van der Waals surface area contributed by atoms with Crippen LogP contribution in [-0.4, -0.2) is 47.8 Å². The number of urea groups is 1. The third kappa shape index (κ3) is 6.46. The highest BCUT2D eigenvalue weighted by Gasteiger charge is 2.20. The number of nitrogens with one attached hydrogen (secondary N) is 2. The average molecular weight is 416 g/mol. The van der Waals surface area contributed by atoms with E-state index >= 15 is 0 Å². The first-order valence-electron chi connectivity index (χ1n) is 9.88. The van der Waals surface area contributed by atoms with Crippen molar-refractivity contribution in [1.29, 1.82) is 5.26 Å². The molecule has 0 spiro atoms. The Morgan fingerprint density at radius 2 is 2.13 bits per heavy atom. The summed E-state index contributed by atoms with van der Waals surface area (Å²) in [5, 5.41) is 13.9. The van der Waals surface area contributed by atoms with Crippen LogP contribution in [0, 0.1) is 25.2 Å². The Kier molecular flexibility index (Phi) is 8.18. The molecular weight excluding hydrogens is 388 g/mol. The summed E-state index contributed by atoms with van der Waals surface area (Å²) >= 11 is 0. The fourth-order valence-corrected chi connectivity index (χ4v) is 3.21. The largest absolute Gasteiger partial charge is 0.451 e. The molecule has 2 rings (SSSR count). The molecule has 1 aliphatic heterocycles. The number of carbonyl (C=O) groups excluding carboxylic acids is 3. The molecule has 0 bridgehead atoms. The van der Waals surface area contributed by atoms with E-state index in [1.807, 2.05) is 31.3 Å². The van der Waals surface area contributed by atoms with Gasteiger partial charge in [0, 0.05) is 30.6 Å². The third-order valence-corrected chi connectivity index (χ3v) is 4.67. The molecule has 30 heavy (non-hydrogen) atoms. The molecule has 2 N–H and O–H groups in total. The first-order chi connectivity index (χ1) is 14.2. The zero-order valence-corrected chi connectivity index (χ0v) is 17.8. The number of ether oxygens (including phenoxy) is 2. The van der Waals surface area contributed by atoms with Crippen molar-refractivity contribution < 1.29 is 23.9 Å². The van der Waals surface area contributed by atoms with Crippen molar-refractivity contribution in [2.45, 2.75) is 59.2 Å². The fraction of sp³-hybridized carbons (Fsp3) is 0.524. The van der Waals surface area contributed by atoms with Crippen molar-refractivity contribution in [3.63, 3.8) is 0 Å². The van der Waals surface area contributed by atoms with Crippen LogP contribution in [0.3, 0.4) is 0 Å². The first kappa shape index (κ1) is 23.2. The Morgan fingerprint density at radius 3 is 2.73 bits per heavy atom. The molecule has 0 aromatic carbocycles. The molecule has 9 nitrogen and oxygen atoms in total. The molecule has 1 saturated heterocycles. The van der Waals surface area contributed by atoms with Crippen LogP contribution >= 0.6 is 0 Å². The van der Waals surface area contributed by atoms with Crippen LogP contribution in [0.15, 0.2) is 11.6 Å². The monoisotopic (exact) mass is 416 g/mol. The van der Waals surface area contributed by atoms with E-state index in [1.54, 1.807) is 13.8 Å². The van der Waals surface area contributed by atoms with Gasteiger partial charge in [0.15, 0.2) is 6.61 Å². The number of aryl methyl sites for hydroxylation is 1. The molecule has 1 aromatic heterocycles. The molecule has 9 heteroatoms. The van der Waals surface area contributed by atoms with Crippen LogP contribution in [0.4, 0.5) is 4.79 Å². The van der Waals surface area contributed by atoms with Crippen molar-refractivity contribution in [2.24, 2.45) is 0 Å². The highest BCUT2D eigenvalue weighted by Crippen LogP contribution is 2.22. The van der Waals surface area contributed by atoms with E-state index in [1.165, 1.54) is 6.08 Å². The van der Waals surface area contributed by atoms with Crippen molar-refractivity contribution in [1.82, 2.24) is 15.2 Å². The molecule has 1 aromatic rings. The van der Waals surface area contributed by atoms with Crippen molar-refractivity contribution in [2.75, 3.05) is 13.2 Å². The van der Waals surface area contributed by atoms with E-state index in [-0.39, 0.29) is 17.7 Å². The fourth-order valence-electron chi connectivity index (χ4n) is 3.21. The van der Waals surface area contributed by atoms with E-state index in [2.05, 4.69) is 9.88 Å². The topological polar surface area (TPSA) is 122 Å². The van der Waals surface area contributed by atoms with Crippen LogP contribution in [-0.2, 0) is 25.6 Å². The molecule has 1 aliphatic rings. The second kappa shape index (κ2) is 10.6. The summed E-state index contributed by atoms with van der Waals surface area (Å²) in [6.45, 7) is 8.18. The summed E-state index contributed by atoms with van der Waals surface area (Å²) in [4.78, 5) is 35.4. The maximum atomic E-state index is 12.2. The number of aromatic nitrogens is 1. The van der Waals surface area contributed by atoms with Gasteiger partial charge in [-0.25, -0.2) is 9.59 Å². The molecule has 1 atom stereocenters. The van der Waals surface area contributed by atoms with Crippen LogP contribution in [0.1, 0.15) is 43.6 Å². The minimum absolute atomic E-state index is 0.146. The lowest BCUT2D eigenvalue weighted by Gasteiger charge is -2.14. The average Bonchev–Trinajstić information content (AvgIpc) is 3.27. The summed E-state index contributed by atoms with van der Waals surface area (Å²) in [5.41, 5.74) is 2.40. The number of rotatable bonds is 7. The number of nitriles is 1. The number of imide groups is 1. The van der Waals surface area contributed by atoms with Crippen molar-refractivity contribution in [3.8, 4) is 6.07 Å². The molecule has 0 saturated carbocycles. The summed E-state index contributed by atoms with van der Waals surface area (Å²) < 4.78 is 12.7. The number of esters is 1. The lowest BCUT2D eigenvalue weighted by Crippen LogP contribution is -2.44. The molecule has 162 valence electrons. The van der Waals surface area contributed by atoms with Crippen LogP contribution in [0.5, 0.6) is 0 Å². The summed E-state index contributed by atoms with van der Waals surface area (Å²) in [5.74, 6) is -1.71. The normalized spacial score (nSPS) is 16.3. The maximum Gasteiger partial charge on any atom is 0.349 e. The van der Waals surface area contributed by atoms with Gasteiger partial charge in [-0.05, 0) is 58.2 Å². The third-order valence-electron chi connectivity index (χ3n) is 4.67. The van der Waals surface area contributed by atoms with Gasteiger partial charge >= 0.3 is 12.0 Å². The second-order valence-electron chi connectivity index (χ2n) is 7.49.